The minimum atomic E-state index is -3.43. The number of sulfonamides is 1. The Bertz CT molecular complexity index is 604. The van der Waals surface area contributed by atoms with Gasteiger partial charge in [-0.2, -0.15) is 0 Å². The van der Waals surface area contributed by atoms with E-state index in [4.69, 9.17) is 5.11 Å². The number of nitrogens with one attached hydrogen (secondary N) is 1. The van der Waals surface area contributed by atoms with Crippen LogP contribution in [0.25, 0.3) is 0 Å². The zero-order valence-electron chi connectivity index (χ0n) is 11.4. The first-order valence-electron chi connectivity index (χ1n) is 6.76. The predicted molar refractivity (Wildman–Crippen MR) is 77.6 cm³/mol. The summed E-state index contributed by atoms with van der Waals surface area (Å²) in [5.41, 5.74) is 1.05. The van der Waals surface area contributed by atoms with Gasteiger partial charge < -0.3 is 5.11 Å². The Hall–Kier alpha value is -1.56. The van der Waals surface area contributed by atoms with Crippen LogP contribution in [0.3, 0.4) is 0 Å². The van der Waals surface area contributed by atoms with Crippen molar-refractivity contribution in [3.05, 3.63) is 29.3 Å². The van der Waals surface area contributed by atoms with E-state index in [0.29, 0.717) is 24.1 Å². The number of aryl methyl sites for hydroxylation is 1. The Balaban J connectivity index is 2.20. The number of hydrogen-bond acceptors (Lipinski definition) is 3. The number of carboxylic acid groups (broad SMARTS) is 1. The number of anilines is 1. The monoisotopic (exact) mass is 297 g/mol. The summed E-state index contributed by atoms with van der Waals surface area (Å²) in [6.07, 6.45) is 4.29. The van der Waals surface area contributed by atoms with Crippen LogP contribution in [-0.2, 0) is 10.0 Å². The first-order chi connectivity index (χ1) is 9.40. The lowest BCUT2D eigenvalue weighted by atomic mass is 10.0. The number of aromatic carboxylic acids is 1. The molecule has 1 aromatic rings. The van der Waals surface area contributed by atoms with Crippen molar-refractivity contribution < 1.29 is 18.3 Å². The van der Waals surface area contributed by atoms with Crippen molar-refractivity contribution >= 4 is 21.7 Å². The number of hydrogen-bond donors (Lipinski definition) is 2. The Morgan fingerprint density at radius 3 is 2.50 bits per heavy atom. The maximum absolute atomic E-state index is 12.3. The maximum atomic E-state index is 12.3. The first-order valence-corrected chi connectivity index (χ1v) is 8.30. The van der Waals surface area contributed by atoms with Gasteiger partial charge in [0.2, 0.25) is 10.0 Å². The van der Waals surface area contributed by atoms with Gasteiger partial charge in [-0.25, -0.2) is 13.2 Å². The molecule has 2 N–H and O–H groups in total. The zero-order chi connectivity index (χ0) is 14.8. The van der Waals surface area contributed by atoms with Crippen LogP contribution in [0.2, 0.25) is 0 Å². The predicted octanol–water partition coefficient (Wildman–Crippen LogP) is 2.77. The summed E-state index contributed by atoms with van der Waals surface area (Å²) in [5, 5.41) is 8.69. The highest BCUT2D eigenvalue weighted by atomic mass is 32.2. The fourth-order valence-corrected chi connectivity index (χ4v) is 4.12. The normalized spacial score (nSPS) is 16.9. The van der Waals surface area contributed by atoms with Gasteiger partial charge in [0.1, 0.15) is 0 Å². The molecule has 6 heteroatoms. The quantitative estimate of drug-likeness (QED) is 0.895. The van der Waals surface area contributed by atoms with Crippen LogP contribution in [0.4, 0.5) is 5.69 Å². The lowest BCUT2D eigenvalue weighted by molar-refractivity contribution is 0.0696. The summed E-state index contributed by atoms with van der Waals surface area (Å²) in [4.78, 5) is 11.1. The molecule has 1 saturated carbocycles. The van der Waals surface area contributed by atoms with Gasteiger partial charge in [0.15, 0.2) is 0 Å². The molecule has 0 unspecified atom stereocenters. The highest BCUT2D eigenvalue weighted by Crippen LogP contribution is 2.26. The molecule has 2 rings (SSSR count). The van der Waals surface area contributed by atoms with E-state index in [1.807, 2.05) is 0 Å². The summed E-state index contributed by atoms with van der Waals surface area (Å²) in [6, 6.07) is 4.59. The molecule has 0 radical (unpaired) electrons. The SMILES string of the molecule is Cc1ccc(NS(=O)(=O)C2CCCCC2)cc1C(=O)O. The van der Waals surface area contributed by atoms with Crippen molar-refractivity contribution in [3.8, 4) is 0 Å². The van der Waals surface area contributed by atoms with Crippen molar-refractivity contribution in [1.29, 1.82) is 0 Å². The molecular weight excluding hydrogens is 278 g/mol. The molecule has 0 aromatic heterocycles. The van der Waals surface area contributed by atoms with Crippen LogP contribution >= 0.6 is 0 Å². The van der Waals surface area contributed by atoms with Crippen LogP contribution in [0, 0.1) is 6.92 Å². The van der Waals surface area contributed by atoms with E-state index in [9.17, 15) is 13.2 Å². The molecule has 0 saturated heterocycles. The minimum absolute atomic E-state index is 0.119. The van der Waals surface area contributed by atoms with E-state index in [-0.39, 0.29) is 10.8 Å². The van der Waals surface area contributed by atoms with Crippen molar-refractivity contribution in [2.45, 2.75) is 44.3 Å². The van der Waals surface area contributed by atoms with E-state index in [1.165, 1.54) is 6.07 Å². The molecule has 1 aliphatic carbocycles. The smallest absolute Gasteiger partial charge is 0.336 e. The van der Waals surface area contributed by atoms with E-state index in [1.54, 1.807) is 19.1 Å². The lowest BCUT2D eigenvalue weighted by Gasteiger charge is -2.22. The third kappa shape index (κ3) is 3.30. The topological polar surface area (TPSA) is 83.5 Å². The molecule has 1 fully saturated rings. The second kappa shape index (κ2) is 5.83. The molecule has 20 heavy (non-hydrogen) atoms. The fourth-order valence-electron chi connectivity index (χ4n) is 2.54. The van der Waals surface area contributed by atoms with Crippen LogP contribution < -0.4 is 4.72 Å². The zero-order valence-corrected chi connectivity index (χ0v) is 12.2. The van der Waals surface area contributed by atoms with Gasteiger partial charge in [-0.3, -0.25) is 4.72 Å². The highest BCUT2D eigenvalue weighted by Gasteiger charge is 2.27. The van der Waals surface area contributed by atoms with Crippen LogP contribution in [-0.4, -0.2) is 24.7 Å². The molecule has 0 spiro atoms. The third-order valence-corrected chi connectivity index (χ3v) is 5.59. The number of carboxylic acids is 1. The molecule has 0 aliphatic heterocycles. The molecule has 5 nitrogen and oxygen atoms in total. The molecular formula is C14H19NO4S. The summed E-state index contributed by atoms with van der Waals surface area (Å²) < 4.78 is 27.0. The highest BCUT2D eigenvalue weighted by molar-refractivity contribution is 7.93. The molecule has 0 amide bonds. The number of benzene rings is 1. The molecule has 1 aliphatic rings. The molecule has 0 heterocycles. The van der Waals surface area contributed by atoms with Gasteiger partial charge in [-0.15, -0.1) is 0 Å². The van der Waals surface area contributed by atoms with Gasteiger partial charge in [0.05, 0.1) is 10.8 Å². The van der Waals surface area contributed by atoms with E-state index < -0.39 is 16.0 Å². The Morgan fingerprint density at radius 1 is 1.25 bits per heavy atom. The second-order valence-electron chi connectivity index (χ2n) is 5.24. The average molecular weight is 297 g/mol. The van der Waals surface area contributed by atoms with E-state index in [0.717, 1.165) is 19.3 Å². The van der Waals surface area contributed by atoms with Crippen molar-refractivity contribution in [3.63, 3.8) is 0 Å². The lowest BCUT2D eigenvalue weighted by Crippen LogP contribution is -2.29. The summed E-state index contributed by atoms with van der Waals surface area (Å²) in [7, 11) is -3.43. The molecule has 0 atom stereocenters. The Labute approximate surface area is 119 Å². The number of rotatable bonds is 4. The van der Waals surface area contributed by atoms with E-state index in [2.05, 4.69) is 4.72 Å². The molecule has 1 aromatic carbocycles. The third-order valence-electron chi connectivity index (χ3n) is 3.72. The van der Waals surface area contributed by atoms with Gasteiger partial charge in [-0.1, -0.05) is 25.3 Å². The van der Waals surface area contributed by atoms with Gasteiger partial charge in [0, 0.05) is 5.69 Å². The maximum Gasteiger partial charge on any atom is 0.336 e. The van der Waals surface area contributed by atoms with Crippen LogP contribution in [0.15, 0.2) is 18.2 Å². The standard InChI is InChI=1S/C14H19NO4S/c1-10-7-8-11(9-13(10)14(16)17)15-20(18,19)12-5-3-2-4-6-12/h7-9,12,15H,2-6H2,1H3,(H,16,17). The van der Waals surface area contributed by atoms with Crippen molar-refractivity contribution in [2.24, 2.45) is 0 Å². The fraction of sp³-hybridized carbons (Fsp3) is 0.500. The van der Waals surface area contributed by atoms with E-state index >= 15 is 0 Å². The Kier molecular flexibility index (Phi) is 4.32. The largest absolute Gasteiger partial charge is 0.478 e. The van der Waals surface area contributed by atoms with Crippen molar-refractivity contribution in [2.75, 3.05) is 4.72 Å². The van der Waals surface area contributed by atoms with Crippen LogP contribution in [0.5, 0.6) is 0 Å². The van der Waals surface area contributed by atoms with Crippen LogP contribution in [0.1, 0.15) is 48.0 Å². The summed E-state index contributed by atoms with van der Waals surface area (Å²) >= 11 is 0. The summed E-state index contributed by atoms with van der Waals surface area (Å²) in [6.45, 7) is 1.68. The summed E-state index contributed by atoms with van der Waals surface area (Å²) in [5.74, 6) is -1.05. The van der Waals surface area contributed by atoms with Crippen molar-refractivity contribution in [1.82, 2.24) is 0 Å². The van der Waals surface area contributed by atoms with Gasteiger partial charge in [0.25, 0.3) is 0 Å². The first kappa shape index (κ1) is 14.8. The Morgan fingerprint density at radius 2 is 1.90 bits per heavy atom. The average Bonchev–Trinajstić information content (AvgIpc) is 2.41. The van der Waals surface area contributed by atoms with Gasteiger partial charge >= 0.3 is 5.97 Å². The molecule has 110 valence electrons. The second-order valence-corrected chi connectivity index (χ2v) is 7.20. The number of carbonyl (C=O) groups is 1. The minimum Gasteiger partial charge on any atom is -0.478 e. The van der Waals surface area contributed by atoms with Gasteiger partial charge in [-0.05, 0) is 37.5 Å². The molecule has 0 bridgehead atoms.